The Labute approximate surface area is 124 Å². The fourth-order valence-corrected chi connectivity index (χ4v) is 2.69. The van der Waals surface area contributed by atoms with Crippen LogP contribution in [0.15, 0.2) is 24.3 Å². The molecule has 1 aliphatic heterocycles. The highest BCUT2D eigenvalue weighted by molar-refractivity contribution is 6.01. The standard InChI is InChI=1S/C16H20N2O3/c1-2-21-13-7-5-12(6-8-13)18-10-9-14(19)17-15(16(18)20)11-3-4-11/h5-8,11,15H,2-4,9-10H2,1H3,(H,17,19). The number of nitrogens with zero attached hydrogens (tertiary/aromatic N) is 1. The van der Waals surface area contributed by atoms with Crippen molar-refractivity contribution in [1.82, 2.24) is 5.32 Å². The van der Waals surface area contributed by atoms with Crippen molar-refractivity contribution < 1.29 is 14.3 Å². The van der Waals surface area contributed by atoms with Crippen molar-refractivity contribution in [3.05, 3.63) is 24.3 Å². The minimum absolute atomic E-state index is 0.00695. The van der Waals surface area contributed by atoms with Gasteiger partial charge in [-0.25, -0.2) is 0 Å². The molecule has 3 rings (SSSR count). The summed E-state index contributed by atoms with van der Waals surface area (Å²) in [6.07, 6.45) is 2.39. The molecule has 1 saturated carbocycles. The van der Waals surface area contributed by atoms with E-state index in [9.17, 15) is 9.59 Å². The lowest BCUT2D eigenvalue weighted by atomic mass is 10.1. The zero-order chi connectivity index (χ0) is 14.8. The molecule has 1 saturated heterocycles. The fraction of sp³-hybridized carbons (Fsp3) is 0.500. The maximum atomic E-state index is 12.7. The number of ether oxygens (including phenoxy) is 1. The maximum absolute atomic E-state index is 12.7. The van der Waals surface area contributed by atoms with E-state index in [1.807, 2.05) is 31.2 Å². The molecule has 1 aliphatic carbocycles. The Morgan fingerprint density at radius 2 is 1.95 bits per heavy atom. The van der Waals surface area contributed by atoms with Gasteiger partial charge < -0.3 is 15.0 Å². The van der Waals surface area contributed by atoms with E-state index in [0.717, 1.165) is 24.3 Å². The summed E-state index contributed by atoms with van der Waals surface area (Å²) in [5.74, 6) is 1.07. The van der Waals surface area contributed by atoms with E-state index in [0.29, 0.717) is 25.5 Å². The van der Waals surface area contributed by atoms with Gasteiger partial charge in [-0.2, -0.15) is 0 Å². The Kier molecular flexibility index (Phi) is 3.82. The van der Waals surface area contributed by atoms with Crippen molar-refractivity contribution >= 4 is 17.5 Å². The van der Waals surface area contributed by atoms with E-state index in [1.54, 1.807) is 4.90 Å². The smallest absolute Gasteiger partial charge is 0.249 e. The Hall–Kier alpha value is -2.04. The quantitative estimate of drug-likeness (QED) is 0.917. The van der Waals surface area contributed by atoms with Crippen LogP contribution >= 0.6 is 0 Å². The third-order valence-corrected chi connectivity index (χ3v) is 3.96. The van der Waals surface area contributed by atoms with Crippen LogP contribution in [0.2, 0.25) is 0 Å². The van der Waals surface area contributed by atoms with E-state index >= 15 is 0 Å². The van der Waals surface area contributed by atoms with E-state index in [-0.39, 0.29) is 17.9 Å². The minimum Gasteiger partial charge on any atom is -0.494 e. The number of anilines is 1. The summed E-state index contributed by atoms with van der Waals surface area (Å²) in [4.78, 5) is 26.2. The van der Waals surface area contributed by atoms with Crippen LogP contribution in [-0.4, -0.2) is 31.0 Å². The average molecular weight is 288 g/mol. The van der Waals surface area contributed by atoms with Gasteiger partial charge in [0, 0.05) is 18.7 Å². The van der Waals surface area contributed by atoms with E-state index < -0.39 is 0 Å². The number of amides is 2. The van der Waals surface area contributed by atoms with Crippen molar-refractivity contribution in [2.24, 2.45) is 5.92 Å². The molecule has 1 unspecified atom stereocenters. The first-order valence-corrected chi connectivity index (χ1v) is 7.52. The number of benzene rings is 1. The molecule has 1 atom stereocenters. The van der Waals surface area contributed by atoms with Crippen molar-refractivity contribution in [2.75, 3.05) is 18.1 Å². The van der Waals surface area contributed by atoms with E-state index in [1.165, 1.54) is 0 Å². The topological polar surface area (TPSA) is 58.6 Å². The molecule has 0 bridgehead atoms. The van der Waals surface area contributed by atoms with Gasteiger partial charge in [0.25, 0.3) is 0 Å². The molecule has 0 aromatic heterocycles. The highest BCUT2D eigenvalue weighted by Gasteiger charge is 2.41. The van der Waals surface area contributed by atoms with Gasteiger partial charge in [0.05, 0.1) is 6.61 Å². The highest BCUT2D eigenvalue weighted by Crippen LogP contribution is 2.35. The molecule has 1 heterocycles. The number of hydrogen-bond acceptors (Lipinski definition) is 3. The zero-order valence-corrected chi connectivity index (χ0v) is 12.2. The predicted octanol–water partition coefficient (Wildman–Crippen LogP) is 1.72. The van der Waals surface area contributed by atoms with Gasteiger partial charge in [0.2, 0.25) is 11.8 Å². The van der Waals surface area contributed by atoms with Gasteiger partial charge in [-0.3, -0.25) is 9.59 Å². The highest BCUT2D eigenvalue weighted by atomic mass is 16.5. The summed E-state index contributed by atoms with van der Waals surface area (Å²) in [6, 6.07) is 7.12. The Balaban J connectivity index is 1.81. The number of carbonyl (C=O) groups is 2. The Morgan fingerprint density at radius 3 is 2.57 bits per heavy atom. The van der Waals surface area contributed by atoms with Crippen LogP contribution in [0.4, 0.5) is 5.69 Å². The van der Waals surface area contributed by atoms with Gasteiger partial charge in [0.1, 0.15) is 11.8 Å². The second kappa shape index (κ2) is 5.76. The molecule has 2 aliphatic rings. The van der Waals surface area contributed by atoms with Crippen LogP contribution in [0, 0.1) is 5.92 Å². The zero-order valence-electron chi connectivity index (χ0n) is 12.2. The van der Waals surface area contributed by atoms with Gasteiger partial charge in [-0.1, -0.05) is 0 Å². The van der Waals surface area contributed by atoms with Gasteiger partial charge in [-0.05, 0) is 49.9 Å². The molecule has 0 spiro atoms. The van der Waals surface area contributed by atoms with Crippen molar-refractivity contribution in [1.29, 1.82) is 0 Å². The number of rotatable bonds is 4. The lowest BCUT2D eigenvalue weighted by Gasteiger charge is -2.24. The summed E-state index contributed by atoms with van der Waals surface area (Å²) in [5, 5.41) is 2.87. The third kappa shape index (κ3) is 3.01. The normalized spacial score (nSPS) is 22.7. The molecule has 1 aromatic rings. The van der Waals surface area contributed by atoms with Gasteiger partial charge in [-0.15, -0.1) is 0 Å². The number of carbonyl (C=O) groups excluding carboxylic acids is 2. The van der Waals surface area contributed by atoms with Gasteiger partial charge >= 0.3 is 0 Å². The molecule has 5 nitrogen and oxygen atoms in total. The molecule has 21 heavy (non-hydrogen) atoms. The summed E-state index contributed by atoms with van der Waals surface area (Å²) in [5.41, 5.74) is 0.825. The first-order chi connectivity index (χ1) is 10.2. The van der Waals surface area contributed by atoms with Crippen molar-refractivity contribution in [2.45, 2.75) is 32.2 Å². The van der Waals surface area contributed by atoms with E-state index in [4.69, 9.17) is 4.74 Å². The molecule has 1 aromatic carbocycles. The lowest BCUT2D eigenvalue weighted by Crippen LogP contribution is -2.46. The second-order valence-electron chi connectivity index (χ2n) is 5.55. The number of hydrogen-bond donors (Lipinski definition) is 1. The molecular formula is C16H20N2O3. The van der Waals surface area contributed by atoms with Crippen molar-refractivity contribution in [3.63, 3.8) is 0 Å². The summed E-state index contributed by atoms with van der Waals surface area (Å²) >= 11 is 0. The average Bonchev–Trinajstić information content (AvgIpc) is 3.31. The van der Waals surface area contributed by atoms with Gasteiger partial charge in [0.15, 0.2) is 0 Å². The van der Waals surface area contributed by atoms with Crippen LogP contribution in [0.1, 0.15) is 26.2 Å². The molecular weight excluding hydrogens is 268 g/mol. The SMILES string of the molecule is CCOc1ccc(N2CCC(=O)NC(C3CC3)C2=O)cc1. The maximum Gasteiger partial charge on any atom is 0.249 e. The van der Waals surface area contributed by atoms with Crippen LogP contribution in [0.5, 0.6) is 5.75 Å². The Morgan fingerprint density at radius 1 is 1.24 bits per heavy atom. The molecule has 2 fully saturated rings. The van der Waals surface area contributed by atoms with Crippen LogP contribution in [0.25, 0.3) is 0 Å². The molecule has 112 valence electrons. The lowest BCUT2D eigenvalue weighted by molar-refractivity contribution is -0.126. The van der Waals surface area contributed by atoms with Crippen LogP contribution in [-0.2, 0) is 9.59 Å². The molecule has 5 heteroatoms. The first kappa shape index (κ1) is 13.9. The van der Waals surface area contributed by atoms with Crippen molar-refractivity contribution in [3.8, 4) is 5.75 Å². The molecule has 1 N–H and O–H groups in total. The largest absolute Gasteiger partial charge is 0.494 e. The summed E-state index contributed by atoms with van der Waals surface area (Å²) in [7, 11) is 0. The van der Waals surface area contributed by atoms with Crippen LogP contribution in [0.3, 0.4) is 0 Å². The van der Waals surface area contributed by atoms with Crippen LogP contribution < -0.4 is 15.0 Å². The summed E-state index contributed by atoms with van der Waals surface area (Å²) in [6.45, 7) is 2.98. The second-order valence-corrected chi connectivity index (χ2v) is 5.55. The minimum atomic E-state index is -0.355. The first-order valence-electron chi connectivity index (χ1n) is 7.52. The third-order valence-electron chi connectivity index (χ3n) is 3.96. The summed E-state index contributed by atoms with van der Waals surface area (Å²) < 4.78 is 5.42. The van der Waals surface area contributed by atoms with E-state index in [2.05, 4.69) is 5.32 Å². The Bertz CT molecular complexity index is 537. The monoisotopic (exact) mass is 288 g/mol. The molecule has 0 radical (unpaired) electrons. The fourth-order valence-electron chi connectivity index (χ4n) is 2.69. The predicted molar refractivity (Wildman–Crippen MR) is 79.2 cm³/mol. The molecule has 2 amide bonds. The number of nitrogens with one attached hydrogen (secondary N) is 1.